The van der Waals surface area contributed by atoms with Crippen LogP contribution in [0, 0.1) is 0 Å². The summed E-state index contributed by atoms with van der Waals surface area (Å²) in [6.45, 7) is 4.75. The van der Waals surface area contributed by atoms with E-state index in [4.69, 9.17) is 0 Å². The molecule has 0 saturated carbocycles. The van der Waals surface area contributed by atoms with Crippen molar-refractivity contribution in [2.45, 2.75) is 24.7 Å². The lowest BCUT2D eigenvalue weighted by Crippen LogP contribution is -2.28. The van der Waals surface area contributed by atoms with E-state index >= 15 is 0 Å². The largest absolute Gasteiger partial charge is 0.310 e. The standard InChI is InChI=1S/C70H50N2/c1-69(2)61-32-16-12-28-56(61)57-43-41-52(45-63(57)69)71(65-34-17-13-27-54(65)47-21-6-3-7-22-47)53-42-44-60-64(46-53)70(49-23-8-4-9-24-49,50-25-10-5-11-26-50)62-33-20-31-55(68(60)62)48-37-39-51(40-38-48)72-66-35-18-14-29-58(66)59-30-15-19-36-67(59)72/h3-46H,1-2H3. The topological polar surface area (TPSA) is 8.17 Å². The molecular formula is C70H50N2. The average molecular weight is 919 g/mol. The Morgan fingerprint density at radius 3 is 1.49 bits per heavy atom. The second-order valence-electron chi connectivity index (χ2n) is 20.0. The van der Waals surface area contributed by atoms with E-state index in [1.54, 1.807) is 0 Å². The first kappa shape index (κ1) is 41.9. The smallest absolute Gasteiger partial charge is 0.0714 e. The number of hydrogen-bond donors (Lipinski definition) is 0. The Kier molecular flexibility index (Phi) is 9.50. The van der Waals surface area contributed by atoms with Crippen LogP contribution in [0.15, 0.2) is 267 Å². The van der Waals surface area contributed by atoms with E-state index in [0.29, 0.717) is 0 Å². The maximum Gasteiger partial charge on any atom is 0.0714 e. The summed E-state index contributed by atoms with van der Waals surface area (Å²) < 4.78 is 2.40. The summed E-state index contributed by atoms with van der Waals surface area (Å²) in [5.41, 5.74) is 23.7. The van der Waals surface area contributed by atoms with Crippen LogP contribution < -0.4 is 4.90 Å². The van der Waals surface area contributed by atoms with Crippen molar-refractivity contribution in [2.75, 3.05) is 4.90 Å². The molecule has 2 nitrogen and oxygen atoms in total. The van der Waals surface area contributed by atoms with Crippen LogP contribution >= 0.6 is 0 Å². The van der Waals surface area contributed by atoms with Crippen LogP contribution in [0.4, 0.5) is 17.1 Å². The molecule has 1 heterocycles. The van der Waals surface area contributed by atoms with Crippen LogP contribution in [0.25, 0.3) is 72.0 Å². The number of para-hydroxylation sites is 3. The summed E-state index contributed by atoms with van der Waals surface area (Å²) in [5, 5.41) is 2.53. The van der Waals surface area contributed by atoms with Crippen molar-refractivity contribution >= 4 is 38.9 Å². The Morgan fingerprint density at radius 1 is 0.333 bits per heavy atom. The quantitative estimate of drug-likeness (QED) is 0.147. The molecule has 0 saturated heterocycles. The predicted octanol–water partition coefficient (Wildman–Crippen LogP) is 18.3. The summed E-state index contributed by atoms with van der Waals surface area (Å²) in [6, 6.07) is 99.2. The first-order valence-electron chi connectivity index (χ1n) is 25.2. The van der Waals surface area contributed by atoms with Gasteiger partial charge >= 0.3 is 0 Å². The highest BCUT2D eigenvalue weighted by Crippen LogP contribution is 2.60. The first-order valence-corrected chi connectivity index (χ1v) is 25.2. The van der Waals surface area contributed by atoms with E-state index in [1.165, 1.54) is 99.7 Å². The minimum atomic E-state index is -0.631. The first-order chi connectivity index (χ1) is 35.5. The van der Waals surface area contributed by atoms with Gasteiger partial charge in [-0.1, -0.05) is 226 Å². The molecule has 0 amide bonds. The molecule has 0 aliphatic heterocycles. The van der Waals surface area contributed by atoms with Gasteiger partial charge in [-0.15, -0.1) is 0 Å². The minimum absolute atomic E-state index is 0.167. The number of hydrogen-bond acceptors (Lipinski definition) is 1. The zero-order valence-electron chi connectivity index (χ0n) is 40.3. The molecule has 14 rings (SSSR count). The lowest BCUT2D eigenvalue weighted by atomic mass is 9.67. The van der Waals surface area contributed by atoms with Crippen LogP contribution in [0.1, 0.15) is 47.2 Å². The number of nitrogens with zero attached hydrogens (tertiary/aromatic N) is 2. The fourth-order valence-electron chi connectivity index (χ4n) is 12.7. The van der Waals surface area contributed by atoms with Gasteiger partial charge in [-0.25, -0.2) is 0 Å². The summed E-state index contributed by atoms with van der Waals surface area (Å²) in [7, 11) is 0. The van der Waals surface area contributed by atoms with Crippen molar-refractivity contribution in [2.24, 2.45) is 0 Å². The Hall–Kier alpha value is -8.98. The highest BCUT2D eigenvalue weighted by atomic mass is 15.1. The number of anilines is 3. The number of fused-ring (bicyclic) bond motifs is 9. The Morgan fingerprint density at radius 2 is 0.819 bits per heavy atom. The van der Waals surface area contributed by atoms with Gasteiger partial charge in [0.15, 0.2) is 0 Å². The maximum atomic E-state index is 2.51. The lowest BCUT2D eigenvalue weighted by Gasteiger charge is -2.35. The van der Waals surface area contributed by atoms with Crippen LogP contribution in [0.5, 0.6) is 0 Å². The van der Waals surface area contributed by atoms with E-state index in [2.05, 4.69) is 290 Å². The van der Waals surface area contributed by atoms with Gasteiger partial charge in [0.25, 0.3) is 0 Å². The minimum Gasteiger partial charge on any atom is -0.310 e. The van der Waals surface area contributed by atoms with Crippen molar-refractivity contribution in [1.82, 2.24) is 4.57 Å². The number of aromatic nitrogens is 1. The van der Waals surface area contributed by atoms with Crippen molar-refractivity contribution in [3.63, 3.8) is 0 Å². The van der Waals surface area contributed by atoms with Gasteiger partial charge in [0.1, 0.15) is 0 Å². The fourth-order valence-corrected chi connectivity index (χ4v) is 12.7. The Balaban J connectivity index is 1.01. The molecule has 0 bridgehead atoms. The molecule has 1 aromatic heterocycles. The van der Waals surface area contributed by atoms with Gasteiger partial charge in [0.2, 0.25) is 0 Å². The Labute approximate surface area is 421 Å². The normalized spacial score (nSPS) is 13.6. The molecule has 340 valence electrons. The van der Waals surface area contributed by atoms with E-state index < -0.39 is 5.41 Å². The Bertz CT molecular complexity index is 3960. The highest BCUT2D eigenvalue weighted by molar-refractivity contribution is 6.09. The molecular weight excluding hydrogens is 869 g/mol. The molecule has 11 aromatic carbocycles. The third kappa shape index (κ3) is 6.15. The average Bonchev–Trinajstić information content (AvgIpc) is 4.03. The highest BCUT2D eigenvalue weighted by Gasteiger charge is 2.47. The van der Waals surface area contributed by atoms with E-state index in [0.717, 1.165) is 22.7 Å². The molecule has 0 spiro atoms. The zero-order chi connectivity index (χ0) is 48.0. The molecule has 0 fully saturated rings. The summed E-state index contributed by atoms with van der Waals surface area (Å²) in [4.78, 5) is 2.51. The zero-order valence-corrected chi connectivity index (χ0v) is 40.3. The lowest BCUT2D eigenvalue weighted by molar-refractivity contribution is 0.660. The number of rotatable bonds is 8. The van der Waals surface area contributed by atoms with E-state index in [9.17, 15) is 0 Å². The third-order valence-electron chi connectivity index (χ3n) is 15.9. The van der Waals surface area contributed by atoms with Crippen LogP contribution in [-0.4, -0.2) is 4.57 Å². The fraction of sp³-hybridized carbons (Fsp3) is 0.0571. The summed E-state index contributed by atoms with van der Waals surface area (Å²) >= 11 is 0. The van der Waals surface area contributed by atoms with Gasteiger partial charge in [0.05, 0.1) is 22.1 Å². The molecule has 2 aliphatic carbocycles. The molecule has 12 aromatic rings. The second-order valence-corrected chi connectivity index (χ2v) is 20.0. The molecule has 2 aliphatic rings. The second kappa shape index (κ2) is 16.3. The SMILES string of the molecule is CC1(C)c2ccccc2-c2ccc(N(c3ccc4c(c3)C(c3ccccc3)(c3ccccc3)c3cccc(-c5ccc(-n6c7ccccc7c7ccccc76)cc5)c3-4)c3ccccc3-c3ccccc3)cc21. The molecule has 0 radical (unpaired) electrons. The van der Waals surface area contributed by atoms with Crippen LogP contribution in [-0.2, 0) is 10.8 Å². The summed E-state index contributed by atoms with van der Waals surface area (Å²) in [5.74, 6) is 0. The van der Waals surface area contributed by atoms with Crippen molar-refractivity contribution in [3.05, 3.63) is 300 Å². The van der Waals surface area contributed by atoms with Gasteiger partial charge in [-0.05, 0) is 127 Å². The van der Waals surface area contributed by atoms with Gasteiger partial charge in [-0.3, -0.25) is 0 Å². The maximum absolute atomic E-state index is 2.51. The molecule has 0 N–H and O–H groups in total. The van der Waals surface area contributed by atoms with Crippen LogP contribution in [0.3, 0.4) is 0 Å². The van der Waals surface area contributed by atoms with Gasteiger partial charge in [-0.2, -0.15) is 0 Å². The van der Waals surface area contributed by atoms with Gasteiger partial charge < -0.3 is 9.47 Å². The van der Waals surface area contributed by atoms with Gasteiger partial charge in [0, 0.05) is 38.8 Å². The number of benzene rings is 11. The monoisotopic (exact) mass is 918 g/mol. The van der Waals surface area contributed by atoms with E-state index in [-0.39, 0.29) is 5.41 Å². The molecule has 2 heteroatoms. The van der Waals surface area contributed by atoms with E-state index in [1.807, 2.05) is 0 Å². The predicted molar refractivity (Wildman–Crippen MR) is 301 cm³/mol. The van der Waals surface area contributed by atoms with Crippen LogP contribution in [0.2, 0.25) is 0 Å². The molecule has 0 atom stereocenters. The van der Waals surface area contributed by atoms with Crippen molar-refractivity contribution in [1.29, 1.82) is 0 Å². The molecule has 0 unspecified atom stereocenters. The molecule has 72 heavy (non-hydrogen) atoms. The van der Waals surface area contributed by atoms with Crippen molar-refractivity contribution < 1.29 is 0 Å². The van der Waals surface area contributed by atoms with Crippen molar-refractivity contribution in [3.8, 4) is 50.2 Å². The summed E-state index contributed by atoms with van der Waals surface area (Å²) in [6.07, 6.45) is 0. The third-order valence-corrected chi connectivity index (χ3v) is 15.9.